The van der Waals surface area contributed by atoms with Gasteiger partial charge in [-0.05, 0) is 66.3 Å². The second-order valence-corrected chi connectivity index (χ2v) is 9.85. The Kier molecular flexibility index (Phi) is 6.04. The van der Waals surface area contributed by atoms with Crippen molar-refractivity contribution >= 4 is 40.6 Å². The molecule has 0 radical (unpaired) electrons. The standard InChI is InChI=1S/C24H23Cl2N5O3/c1-24(15-4-2-3-5-15)11-14-10-17(20(25)21(26)19(14)22(24)33)34-12-18(32)27-16-8-6-13(7-9-16)23-28-30-31-29-23/h6-10,15H,2-5,11-12H2,1H3,(H,27,32)(H,28,29,30,31). The van der Waals surface area contributed by atoms with Crippen LogP contribution in [0.1, 0.15) is 48.5 Å². The first-order chi connectivity index (χ1) is 16.4. The maximum absolute atomic E-state index is 13.3. The van der Waals surface area contributed by atoms with E-state index in [0.717, 1.165) is 36.8 Å². The summed E-state index contributed by atoms with van der Waals surface area (Å²) in [6, 6.07) is 8.78. The number of benzene rings is 2. The SMILES string of the molecule is CC1(C2CCCC2)Cc2cc(OCC(=O)Nc3ccc(-c4nn[nH]n4)cc3)c(Cl)c(Cl)c2C1=O. The number of nitrogens with one attached hydrogen (secondary N) is 2. The summed E-state index contributed by atoms with van der Waals surface area (Å²) in [6.07, 6.45) is 5.03. The largest absolute Gasteiger partial charge is 0.482 e. The predicted octanol–water partition coefficient (Wildman–Crippen LogP) is 5.13. The Morgan fingerprint density at radius 1 is 1.21 bits per heavy atom. The van der Waals surface area contributed by atoms with Crippen LogP contribution in [0.2, 0.25) is 10.0 Å². The van der Waals surface area contributed by atoms with Gasteiger partial charge in [0.15, 0.2) is 12.4 Å². The van der Waals surface area contributed by atoms with E-state index < -0.39 is 5.41 Å². The van der Waals surface area contributed by atoms with Crippen molar-refractivity contribution in [3.63, 3.8) is 0 Å². The molecule has 1 aromatic heterocycles. The van der Waals surface area contributed by atoms with Gasteiger partial charge in [0.2, 0.25) is 5.82 Å². The van der Waals surface area contributed by atoms with Crippen molar-refractivity contribution in [1.29, 1.82) is 0 Å². The lowest BCUT2D eigenvalue weighted by Crippen LogP contribution is -2.32. The molecule has 0 bridgehead atoms. The number of tetrazole rings is 1. The molecule has 0 spiro atoms. The Morgan fingerprint density at radius 2 is 1.94 bits per heavy atom. The van der Waals surface area contributed by atoms with Gasteiger partial charge in [-0.2, -0.15) is 5.21 Å². The number of nitrogens with zero attached hydrogens (tertiary/aromatic N) is 3. The molecule has 1 amide bonds. The summed E-state index contributed by atoms with van der Waals surface area (Å²) in [6.45, 7) is 1.78. The van der Waals surface area contributed by atoms with Crippen LogP contribution >= 0.6 is 23.2 Å². The topological polar surface area (TPSA) is 110 Å². The first-order valence-corrected chi connectivity index (χ1v) is 11.9. The minimum Gasteiger partial charge on any atom is -0.482 e. The van der Waals surface area contributed by atoms with Crippen LogP contribution in [-0.4, -0.2) is 38.9 Å². The highest BCUT2D eigenvalue weighted by molar-refractivity contribution is 6.45. The second kappa shape index (κ2) is 9.00. The minimum absolute atomic E-state index is 0.0647. The van der Waals surface area contributed by atoms with Crippen LogP contribution < -0.4 is 10.1 Å². The van der Waals surface area contributed by atoms with E-state index in [4.69, 9.17) is 27.9 Å². The highest BCUT2D eigenvalue weighted by Crippen LogP contribution is 2.52. The number of carbonyl (C=O) groups excluding carboxylic acids is 2. The molecule has 1 saturated carbocycles. The lowest BCUT2D eigenvalue weighted by Gasteiger charge is -2.29. The smallest absolute Gasteiger partial charge is 0.262 e. The highest BCUT2D eigenvalue weighted by Gasteiger charge is 2.49. The molecular formula is C24H23Cl2N5O3. The van der Waals surface area contributed by atoms with Crippen LogP contribution in [0.15, 0.2) is 30.3 Å². The molecule has 5 rings (SSSR count). The fraction of sp³-hybridized carbons (Fsp3) is 0.375. The van der Waals surface area contributed by atoms with Crippen LogP contribution in [0, 0.1) is 11.3 Å². The number of ether oxygens (including phenoxy) is 1. The monoisotopic (exact) mass is 499 g/mol. The third-order valence-corrected chi connectivity index (χ3v) is 7.80. The van der Waals surface area contributed by atoms with Crippen LogP contribution in [0.4, 0.5) is 5.69 Å². The van der Waals surface area contributed by atoms with Gasteiger partial charge in [-0.3, -0.25) is 9.59 Å². The fourth-order valence-corrected chi connectivity index (χ4v) is 5.63. The summed E-state index contributed by atoms with van der Waals surface area (Å²) >= 11 is 13.0. The number of amides is 1. The summed E-state index contributed by atoms with van der Waals surface area (Å²) in [5, 5.41) is 16.9. The number of carbonyl (C=O) groups is 2. The molecule has 0 saturated heterocycles. The first kappa shape index (κ1) is 22.8. The molecule has 34 heavy (non-hydrogen) atoms. The molecule has 2 aliphatic carbocycles. The van der Waals surface area contributed by atoms with Gasteiger partial charge in [0.1, 0.15) is 10.8 Å². The second-order valence-electron chi connectivity index (χ2n) is 9.09. The van der Waals surface area contributed by atoms with Crippen molar-refractivity contribution in [3.8, 4) is 17.1 Å². The van der Waals surface area contributed by atoms with E-state index in [-0.39, 0.29) is 28.3 Å². The first-order valence-electron chi connectivity index (χ1n) is 11.2. The summed E-state index contributed by atoms with van der Waals surface area (Å²) in [5.74, 6) is 0.828. The number of hydrogen-bond acceptors (Lipinski definition) is 6. The van der Waals surface area contributed by atoms with Crippen molar-refractivity contribution in [2.75, 3.05) is 11.9 Å². The average molecular weight is 500 g/mol. The van der Waals surface area contributed by atoms with Crippen molar-refractivity contribution in [1.82, 2.24) is 20.6 Å². The van der Waals surface area contributed by atoms with E-state index >= 15 is 0 Å². The number of halogens is 2. The zero-order valence-electron chi connectivity index (χ0n) is 18.5. The van der Waals surface area contributed by atoms with E-state index in [1.807, 2.05) is 6.92 Å². The van der Waals surface area contributed by atoms with Crippen molar-refractivity contribution in [2.45, 2.75) is 39.0 Å². The maximum Gasteiger partial charge on any atom is 0.262 e. The zero-order chi connectivity index (χ0) is 23.9. The number of H-pyrrole nitrogens is 1. The van der Waals surface area contributed by atoms with Crippen LogP contribution in [-0.2, 0) is 11.2 Å². The van der Waals surface area contributed by atoms with Crippen molar-refractivity contribution in [2.24, 2.45) is 11.3 Å². The average Bonchev–Trinajstić information content (AvgIpc) is 3.59. The van der Waals surface area contributed by atoms with Gasteiger partial charge < -0.3 is 10.1 Å². The van der Waals surface area contributed by atoms with Crippen molar-refractivity contribution < 1.29 is 14.3 Å². The molecule has 176 valence electrons. The molecule has 1 atom stereocenters. The number of rotatable bonds is 6. The molecule has 0 aliphatic heterocycles. The van der Waals surface area contributed by atoms with Gasteiger partial charge >= 0.3 is 0 Å². The maximum atomic E-state index is 13.3. The van der Waals surface area contributed by atoms with E-state index in [1.54, 1.807) is 30.3 Å². The number of ketones is 1. The Balaban J connectivity index is 1.26. The molecule has 2 aliphatic rings. The highest BCUT2D eigenvalue weighted by atomic mass is 35.5. The quantitative estimate of drug-likeness (QED) is 0.486. The van der Waals surface area contributed by atoms with E-state index in [2.05, 4.69) is 25.9 Å². The molecule has 2 N–H and O–H groups in total. The number of anilines is 1. The number of fused-ring (bicyclic) bond motifs is 1. The lowest BCUT2D eigenvalue weighted by molar-refractivity contribution is -0.118. The molecule has 1 heterocycles. The summed E-state index contributed by atoms with van der Waals surface area (Å²) < 4.78 is 5.72. The Labute approximate surface area is 206 Å². The fourth-order valence-electron chi connectivity index (χ4n) is 5.12. The molecule has 2 aromatic carbocycles. The minimum atomic E-state index is -0.463. The Bertz CT molecular complexity index is 1240. The van der Waals surface area contributed by atoms with E-state index in [0.29, 0.717) is 35.2 Å². The molecule has 8 nitrogen and oxygen atoms in total. The summed E-state index contributed by atoms with van der Waals surface area (Å²) in [5.41, 5.74) is 2.23. The Hall–Kier alpha value is -2.97. The lowest BCUT2D eigenvalue weighted by atomic mass is 9.73. The van der Waals surface area contributed by atoms with Crippen LogP contribution in [0.25, 0.3) is 11.4 Å². The number of aromatic nitrogens is 4. The molecule has 3 aromatic rings. The van der Waals surface area contributed by atoms with Gasteiger partial charge in [-0.15, -0.1) is 10.2 Å². The molecule has 1 fully saturated rings. The number of Topliss-reactive ketones (excluding diaryl/α,β-unsaturated/α-hetero) is 1. The van der Waals surface area contributed by atoms with Crippen LogP contribution in [0.5, 0.6) is 5.75 Å². The van der Waals surface area contributed by atoms with Gasteiger partial charge in [0, 0.05) is 22.2 Å². The van der Waals surface area contributed by atoms with Crippen LogP contribution in [0.3, 0.4) is 0 Å². The summed E-state index contributed by atoms with van der Waals surface area (Å²) in [4.78, 5) is 25.7. The van der Waals surface area contributed by atoms with Crippen molar-refractivity contribution in [3.05, 3.63) is 51.5 Å². The molecule has 1 unspecified atom stereocenters. The van der Waals surface area contributed by atoms with Gasteiger partial charge in [0.05, 0.1) is 5.02 Å². The van der Waals surface area contributed by atoms with Gasteiger partial charge in [-0.1, -0.05) is 43.0 Å². The zero-order valence-corrected chi connectivity index (χ0v) is 20.0. The van der Waals surface area contributed by atoms with Gasteiger partial charge in [0.25, 0.3) is 5.91 Å². The van der Waals surface area contributed by atoms with Gasteiger partial charge in [-0.25, -0.2) is 0 Å². The normalized spacial score (nSPS) is 19.9. The Morgan fingerprint density at radius 3 is 2.62 bits per heavy atom. The van der Waals surface area contributed by atoms with E-state index in [1.165, 1.54) is 0 Å². The third kappa shape index (κ3) is 4.05. The predicted molar refractivity (Wildman–Crippen MR) is 128 cm³/mol. The molecular weight excluding hydrogens is 477 g/mol. The number of aromatic amines is 1. The van der Waals surface area contributed by atoms with E-state index in [9.17, 15) is 9.59 Å². The summed E-state index contributed by atoms with van der Waals surface area (Å²) in [7, 11) is 0. The number of hydrogen-bond donors (Lipinski definition) is 2. The third-order valence-electron chi connectivity index (χ3n) is 6.95. The molecule has 10 heteroatoms.